The molecule has 3 nitrogen and oxygen atoms in total. The zero-order valence-electron chi connectivity index (χ0n) is 8.85. The molecule has 1 aromatic rings. The Morgan fingerprint density at radius 3 is 2.57 bits per heavy atom. The lowest BCUT2D eigenvalue weighted by molar-refractivity contribution is -0.118. The molecule has 0 radical (unpaired) electrons. The summed E-state index contributed by atoms with van der Waals surface area (Å²) >= 11 is 0. The van der Waals surface area contributed by atoms with Gasteiger partial charge in [-0.15, -0.1) is 0 Å². The lowest BCUT2D eigenvalue weighted by Crippen LogP contribution is -2.26. The lowest BCUT2D eigenvalue weighted by Gasteiger charge is -2.07. The number of amides is 1. The van der Waals surface area contributed by atoms with E-state index in [-0.39, 0.29) is 5.91 Å². The van der Waals surface area contributed by atoms with Crippen molar-refractivity contribution in [1.82, 2.24) is 5.32 Å². The van der Waals surface area contributed by atoms with Crippen LogP contribution in [0.5, 0.6) is 0 Å². The van der Waals surface area contributed by atoms with E-state index in [1.54, 1.807) is 7.05 Å². The maximum absolute atomic E-state index is 11.0. The van der Waals surface area contributed by atoms with Gasteiger partial charge in [0.1, 0.15) is 0 Å². The summed E-state index contributed by atoms with van der Waals surface area (Å²) < 4.78 is 0. The molecule has 76 valence electrons. The molecule has 0 aliphatic heterocycles. The predicted molar refractivity (Wildman–Crippen MR) is 58.5 cm³/mol. The van der Waals surface area contributed by atoms with Gasteiger partial charge in [0.15, 0.2) is 0 Å². The Kier molecular flexibility index (Phi) is 3.51. The van der Waals surface area contributed by atoms with Gasteiger partial charge in [0.05, 0.1) is 6.54 Å². The third-order valence-electron chi connectivity index (χ3n) is 2.24. The summed E-state index contributed by atoms with van der Waals surface area (Å²) in [6, 6.07) is 6.06. The molecule has 0 unspecified atom stereocenters. The minimum absolute atomic E-state index is 0.0109. The summed E-state index contributed by atoms with van der Waals surface area (Å²) in [7, 11) is 1.63. The number of nitrogens with one attached hydrogen (secondary N) is 2. The molecule has 0 aliphatic carbocycles. The molecule has 0 saturated carbocycles. The fraction of sp³-hybridized carbons (Fsp3) is 0.364. The van der Waals surface area contributed by atoms with Crippen molar-refractivity contribution in [1.29, 1.82) is 0 Å². The summed E-state index contributed by atoms with van der Waals surface area (Å²) in [5, 5.41) is 5.61. The van der Waals surface area contributed by atoms with Gasteiger partial charge in [-0.2, -0.15) is 0 Å². The minimum Gasteiger partial charge on any atom is -0.376 e. The number of anilines is 1. The van der Waals surface area contributed by atoms with E-state index in [2.05, 4.69) is 24.5 Å². The standard InChI is InChI=1S/C11H16N2O/c1-8-4-5-10(6-9(8)2)13-7-11(14)12-3/h4-6,13H,7H2,1-3H3,(H,12,14). The monoisotopic (exact) mass is 192 g/mol. The smallest absolute Gasteiger partial charge is 0.239 e. The van der Waals surface area contributed by atoms with Crippen LogP contribution in [0.15, 0.2) is 18.2 Å². The zero-order valence-corrected chi connectivity index (χ0v) is 8.85. The third kappa shape index (κ3) is 2.76. The first-order valence-electron chi connectivity index (χ1n) is 4.65. The topological polar surface area (TPSA) is 41.1 Å². The van der Waals surface area contributed by atoms with Crippen molar-refractivity contribution in [2.75, 3.05) is 18.9 Å². The number of hydrogen-bond acceptors (Lipinski definition) is 2. The van der Waals surface area contributed by atoms with Crippen LogP contribution in [-0.2, 0) is 4.79 Å². The number of carbonyl (C=O) groups is 1. The predicted octanol–water partition coefficient (Wildman–Crippen LogP) is 1.46. The van der Waals surface area contributed by atoms with Gasteiger partial charge in [0.2, 0.25) is 5.91 Å². The summed E-state index contributed by atoms with van der Waals surface area (Å²) in [5.41, 5.74) is 3.47. The maximum atomic E-state index is 11.0. The van der Waals surface area contributed by atoms with Crippen molar-refractivity contribution in [3.8, 4) is 0 Å². The Labute approximate surface area is 84.5 Å². The van der Waals surface area contributed by atoms with E-state index >= 15 is 0 Å². The van der Waals surface area contributed by atoms with Crippen molar-refractivity contribution < 1.29 is 4.79 Å². The Bertz CT molecular complexity index is 334. The van der Waals surface area contributed by atoms with Crippen LogP contribution in [0.1, 0.15) is 11.1 Å². The van der Waals surface area contributed by atoms with Crippen LogP contribution in [0.25, 0.3) is 0 Å². The number of carbonyl (C=O) groups excluding carboxylic acids is 1. The second-order valence-electron chi connectivity index (χ2n) is 3.33. The summed E-state index contributed by atoms with van der Waals surface area (Å²) in [6.07, 6.45) is 0. The van der Waals surface area contributed by atoms with Gasteiger partial charge in [0, 0.05) is 12.7 Å². The summed E-state index contributed by atoms with van der Waals surface area (Å²) in [4.78, 5) is 11.0. The third-order valence-corrected chi connectivity index (χ3v) is 2.24. The molecule has 0 bridgehead atoms. The number of aryl methyl sites for hydroxylation is 2. The molecule has 1 aromatic carbocycles. The molecule has 0 heterocycles. The molecule has 3 heteroatoms. The van der Waals surface area contributed by atoms with Crippen LogP contribution in [0.4, 0.5) is 5.69 Å². The molecule has 1 amide bonds. The molecule has 2 N–H and O–H groups in total. The first-order chi connectivity index (χ1) is 6.63. The second kappa shape index (κ2) is 4.65. The van der Waals surface area contributed by atoms with Crippen LogP contribution in [0.2, 0.25) is 0 Å². The van der Waals surface area contributed by atoms with Gasteiger partial charge in [-0.3, -0.25) is 4.79 Å². The fourth-order valence-electron chi connectivity index (χ4n) is 1.12. The first-order valence-corrected chi connectivity index (χ1v) is 4.65. The van der Waals surface area contributed by atoms with Crippen LogP contribution >= 0.6 is 0 Å². The lowest BCUT2D eigenvalue weighted by atomic mass is 10.1. The quantitative estimate of drug-likeness (QED) is 0.761. The van der Waals surface area contributed by atoms with Crippen molar-refractivity contribution in [3.05, 3.63) is 29.3 Å². The number of likely N-dealkylation sites (N-methyl/N-ethyl adjacent to an activating group) is 1. The van der Waals surface area contributed by atoms with Crippen molar-refractivity contribution in [3.63, 3.8) is 0 Å². The van der Waals surface area contributed by atoms with Crippen LogP contribution in [0.3, 0.4) is 0 Å². The van der Waals surface area contributed by atoms with E-state index in [4.69, 9.17) is 0 Å². The normalized spacial score (nSPS) is 9.64. The SMILES string of the molecule is CNC(=O)CNc1ccc(C)c(C)c1. The minimum atomic E-state index is -0.0109. The van der Waals surface area contributed by atoms with Gasteiger partial charge in [-0.1, -0.05) is 6.07 Å². The molecule has 0 atom stereocenters. The van der Waals surface area contributed by atoms with Crippen LogP contribution < -0.4 is 10.6 Å². The largest absolute Gasteiger partial charge is 0.376 e. The van der Waals surface area contributed by atoms with E-state index in [9.17, 15) is 4.79 Å². The number of benzene rings is 1. The second-order valence-corrected chi connectivity index (χ2v) is 3.33. The van der Waals surface area contributed by atoms with E-state index in [1.165, 1.54) is 11.1 Å². The molecule has 0 aromatic heterocycles. The highest BCUT2D eigenvalue weighted by Gasteiger charge is 1.98. The van der Waals surface area contributed by atoms with Crippen LogP contribution in [-0.4, -0.2) is 19.5 Å². The van der Waals surface area contributed by atoms with Gasteiger partial charge >= 0.3 is 0 Å². The first kappa shape index (κ1) is 10.6. The van der Waals surface area contributed by atoms with Crippen molar-refractivity contribution in [2.45, 2.75) is 13.8 Å². The van der Waals surface area contributed by atoms with Gasteiger partial charge in [0.25, 0.3) is 0 Å². The Morgan fingerprint density at radius 1 is 1.29 bits per heavy atom. The van der Waals surface area contributed by atoms with Gasteiger partial charge < -0.3 is 10.6 Å². The van der Waals surface area contributed by atoms with Gasteiger partial charge in [-0.25, -0.2) is 0 Å². The summed E-state index contributed by atoms with van der Waals surface area (Å²) in [5.74, 6) is -0.0109. The molecule has 14 heavy (non-hydrogen) atoms. The van der Waals surface area contributed by atoms with E-state index in [1.807, 2.05) is 18.2 Å². The van der Waals surface area contributed by atoms with Crippen molar-refractivity contribution >= 4 is 11.6 Å². The molecular formula is C11H16N2O. The average Bonchev–Trinajstić information content (AvgIpc) is 2.19. The molecule has 1 rings (SSSR count). The molecule has 0 fully saturated rings. The number of rotatable bonds is 3. The highest BCUT2D eigenvalue weighted by atomic mass is 16.1. The van der Waals surface area contributed by atoms with Crippen molar-refractivity contribution in [2.24, 2.45) is 0 Å². The molecule has 0 aliphatic rings. The molecular weight excluding hydrogens is 176 g/mol. The Balaban J connectivity index is 2.60. The van der Waals surface area contributed by atoms with Crippen LogP contribution in [0, 0.1) is 13.8 Å². The number of hydrogen-bond donors (Lipinski definition) is 2. The highest BCUT2D eigenvalue weighted by Crippen LogP contribution is 2.13. The van der Waals surface area contributed by atoms with E-state index in [0.29, 0.717) is 6.54 Å². The van der Waals surface area contributed by atoms with E-state index in [0.717, 1.165) is 5.69 Å². The van der Waals surface area contributed by atoms with E-state index < -0.39 is 0 Å². The Morgan fingerprint density at radius 2 is 2.00 bits per heavy atom. The molecule has 0 saturated heterocycles. The molecule has 0 spiro atoms. The fourth-order valence-corrected chi connectivity index (χ4v) is 1.12. The average molecular weight is 192 g/mol. The highest BCUT2D eigenvalue weighted by molar-refractivity contribution is 5.80. The summed E-state index contributed by atoms with van der Waals surface area (Å²) in [6.45, 7) is 4.44. The maximum Gasteiger partial charge on any atom is 0.239 e. The Hall–Kier alpha value is -1.51. The van der Waals surface area contributed by atoms with Gasteiger partial charge in [-0.05, 0) is 37.1 Å². The zero-order chi connectivity index (χ0) is 10.6.